The van der Waals surface area contributed by atoms with Gasteiger partial charge in [-0.3, -0.25) is 4.90 Å². The molecule has 3 nitrogen and oxygen atoms in total. The zero-order chi connectivity index (χ0) is 14.8. The fourth-order valence-corrected chi connectivity index (χ4v) is 2.87. The number of rotatable bonds is 3. The van der Waals surface area contributed by atoms with Gasteiger partial charge in [0.15, 0.2) is 0 Å². The maximum Gasteiger partial charge on any atom is 0.146 e. The molecule has 1 saturated heterocycles. The number of hydrogen-bond donors (Lipinski definition) is 1. The predicted octanol–water partition coefficient (Wildman–Crippen LogP) is 2.25. The second-order valence-corrected chi connectivity index (χ2v) is 6.43. The van der Waals surface area contributed by atoms with Crippen molar-refractivity contribution in [2.24, 2.45) is 5.73 Å². The summed E-state index contributed by atoms with van der Waals surface area (Å²) in [4.78, 5) is 4.62. The molecule has 1 aromatic rings. The molecule has 1 aromatic carbocycles. The Morgan fingerprint density at radius 3 is 2.35 bits per heavy atom. The first kappa shape index (κ1) is 15.3. The summed E-state index contributed by atoms with van der Waals surface area (Å²) >= 11 is 0. The Bertz CT molecular complexity index is 446. The number of nitrogens with zero attached hydrogens (tertiary/aromatic N) is 2. The fraction of sp³-hybridized carbons (Fsp3) is 0.625. The molecule has 1 aliphatic rings. The van der Waals surface area contributed by atoms with Gasteiger partial charge in [0, 0.05) is 31.7 Å². The van der Waals surface area contributed by atoms with Crippen LogP contribution in [0.5, 0.6) is 0 Å². The van der Waals surface area contributed by atoms with Crippen molar-refractivity contribution in [3.8, 4) is 0 Å². The van der Waals surface area contributed by atoms with Gasteiger partial charge in [-0.25, -0.2) is 4.39 Å². The van der Waals surface area contributed by atoms with E-state index in [0.717, 1.165) is 43.9 Å². The summed E-state index contributed by atoms with van der Waals surface area (Å²) in [7, 11) is 0. The molecule has 4 heteroatoms. The average molecular weight is 279 g/mol. The predicted molar refractivity (Wildman–Crippen MR) is 82.7 cm³/mol. The van der Waals surface area contributed by atoms with Gasteiger partial charge in [0.25, 0.3) is 0 Å². The Labute approximate surface area is 121 Å². The van der Waals surface area contributed by atoms with Crippen LogP contribution >= 0.6 is 0 Å². The van der Waals surface area contributed by atoms with E-state index < -0.39 is 0 Å². The molecule has 20 heavy (non-hydrogen) atoms. The van der Waals surface area contributed by atoms with Crippen LogP contribution in [0.25, 0.3) is 0 Å². The highest BCUT2D eigenvalue weighted by Crippen LogP contribution is 2.27. The second kappa shape index (κ2) is 6.10. The number of hydrogen-bond acceptors (Lipinski definition) is 3. The van der Waals surface area contributed by atoms with Gasteiger partial charge in [0.1, 0.15) is 5.82 Å². The Morgan fingerprint density at radius 2 is 1.80 bits per heavy atom. The maximum absolute atomic E-state index is 14.2. The molecule has 2 N–H and O–H groups in total. The lowest BCUT2D eigenvalue weighted by atomic mass is 10.0. The third-order valence-electron chi connectivity index (χ3n) is 4.03. The van der Waals surface area contributed by atoms with Crippen molar-refractivity contribution in [2.75, 3.05) is 37.6 Å². The summed E-state index contributed by atoms with van der Waals surface area (Å²) in [5, 5.41) is 0. The summed E-state index contributed by atoms with van der Waals surface area (Å²) in [5.41, 5.74) is 7.60. The van der Waals surface area contributed by atoms with Crippen molar-refractivity contribution in [3.63, 3.8) is 0 Å². The monoisotopic (exact) mass is 279 g/mol. The van der Waals surface area contributed by atoms with Crippen molar-refractivity contribution in [3.05, 3.63) is 29.6 Å². The van der Waals surface area contributed by atoms with E-state index in [-0.39, 0.29) is 11.4 Å². The topological polar surface area (TPSA) is 32.5 Å². The molecular formula is C16H26FN3. The average Bonchev–Trinajstić information content (AvgIpc) is 2.38. The minimum absolute atomic E-state index is 0.125. The van der Waals surface area contributed by atoms with Crippen LogP contribution < -0.4 is 10.6 Å². The lowest BCUT2D eigenvalue weighted by Gasteiger charge is -2.43. The van der Waals surface area contributed by atoms with Gasteiger partial charge in [-0.15, -0.1) is 0 Å². The Hall–Kier alpha value is -1.13. The molecule has 0 aliphatic carbocycles. The lowest BCUT2D eigenvalue weighted by Crippen LogP contribution is -2.53. The minimum atomic E-state index is -0.125. The normalized spacial score (nSPS) is 17.6. The molecule has 0 saturated carbocycles. The molecule has 1 heterocycles. The molecule has 0 unspecified atom stereocenters. The van der Waals surface area contributed by atoms with Crippen molar-refractivity contribution in [1.29, 1.82) is 0 Å². The lowest BCUT2D eigenvalue weighted by molar-refractivity contribution is 0.128. The van der Waals surface area contributed by atoms with Gasteiger partial charge in [-0.2, -0.15) is 0 Å². The molecule has 0 radical (unpaired) electrons. The SMILES string of the molecule is CC(C)(C)N1CCN(c2c(F)cccc2CCN)CC1. The van der Waals surface area contributed by atoms with Crippen LogP contribution in [0.3, 0.4) is 0 Å². The van der Waals surface area contributed by atoms with Gasteiger partial charge >= 0.3 is 0 Å². The minimum Gasteiger partial charge on any atom is -0.366 e. The first-order valence-electron chi connectivity index (χ1n) is 7.41. The van der Waals surface area contributed by atoms with E-state index >= 15 is 0 Å². The van der Waals surface area contributed by atoms with E-state index in [1.807, 2.05) is 6.07 Å². The summed E-state index contributed by atoms with van der Waals surface area (Å²) in [6.45, 7) is 10.9. The summed E-state index contributed by atoms with van der Waals surface area (Å²) in [6.07, 6.45) is 0.729. The number of piperazine rings is 1. The Morgan fingerprint density at radius 1 is 1.15 bits per heavy atom. The molecule has 1 aliphatic heterocycles. The highest BCUT2D eigenvalue weighted by molar-refractivity contribution is 5.55. The van der Waals surface area contributed by atoms with E-state index in [1.165, 1.54) is 0 Å². The smallest absolute Gasteiger partial charge is 0.146 e. The van der Waals surface area contributed by atoms with Crippen LogP contribution in [-0.4, -0.2) is 43.2 Å². The van der Waals surface area contributed by atoms with Gasteiger partial charge in [-0.1, -0.05) is 12.1 Å². The van der Waals surface area contributed by atoms with Gasteiger partial charge in [0.2, 0.25) is 0 Å². The highest BCUT2D eigenvalue weighted by atomic mass is 19.1. The quantitative estimate of drug-likeness (QED) is 0.921. The van der Waals surface area contributed by atoms with E-state index in [4.69, 9.17) is 5.73 Å². The molecule has 1 fully saturated rings. The summed E-state index contributed by atoms with van der Waals surface area (Å²) < 4.78 is 14.2. The van der Waals surface area contributed by atoms with Crippen LogP contribution in [0.2, 0.25) is 0 Å². The third-order valence-corrected chi connectivity index (χ3v) is 4.03. The largest absolute Gasteiger partial charge is 0.366 e. The van der Waals surface area contributed by atoms with Crippen LogP contribution in [-0.2, 0) is 6.42 Å². The third kappa shape index (κ3) is 3.30. The Kier molecular flexibility index (Phi) is 4.66. The van der Waals surface area contributed by atoms with Crippen LogP contribution in [0.1, 0.15) is 26.3 Å². The van der Waals surface area contributed by atoms with E-state index in [0.29, 0.717) is 6.54 Å². The maximum atomic E-state index is 14.2. The number of halogens is 1. The number of nitrogens with two attached hydrogens (primary N) is 1. The zero-order valence-corrected chi connectivity index (χ0v) is 12.8. The van der Waals surface area contributed by atoms with E-state index in [1.54, 1.807) is 12.1 Å². The number of para-hydroxylation sites is 1. The van der Waals surface area contributed by atoms with E-state index in [2.05, 4.69) is 30.6 Å². The van der Waals surface area contributed by atoms with Gasteiger partial charge < -0.3 is 10.6 Å². The van der Waals surface area contributed by atoms with Crippen molar-refractivity contribution >= 4 is 5.69 Å². The number of anilines is 1. The Balaban J connectivity index is 2.14. The highest BCUT2D eigenvalue weighted by Gasteiger charge is 2.27. The standard InChI is InChI=1S/C16H26FN3/c1-16(2,3)20-11-9-19(10-12-20)15-13(7-8-18)5-4-6-14(15)17/h4-6H,7-12,18H2,1-3H3. The molecule has 0 spiro atoms. The molecule has 0 bridgehead atoms. The fourth-order valence-electron chi connectivity index (χ4n) is 2.87. The molecule has 0 amide bonds. The first-order valence-corrected chi connectivity index (χ1v) is 7.41. The molecule has 0 aromatic heterocycles. The van der Waals surface area contributed by atoms with Crippen molar-refractivity contribution in [1.82, 2.24) is 4.90 Å². The van der Waals surface area contributed by atoms with Crippen LogP contribution in [0.15, 0.2) is 18.2 Å². The van der Waals surface area contributed by atoms with Crippen LogP contribution in [0, 0.1) is 5.82 Å². The van der Waals surface area contributed by atoms with Gasteiger partial charge in [-0.05, 0) is 45.4 Å². The van der Waals surface area contributed by atoms with Crippen molar-refractivity contribution < 1.29 is 4.39 Å². The second-order valence-electron chi connectivity index (χ2n) is 6.43. The van der Waals surface area contributed by atoms with E-state index in [9.17, 15) is 4.39 Å². The zero-order valence-electron chi connectivity index (χ0n) is 12.8. The molecule has 2 rings (SSSR count). The molecule has 0 atom stereocenters. The van der Waals surface area contributed by atoms with Gasteiger partial charge in [0.05, 0.1) is 5.69 Å². The molecular weight excluding hydrogens is 253 g/mol. The number of benzene rings is 1. The first-order chi connectivity index (χ1) is 9.43. The summed E-state index contributed by atoms with van der Waals surface area (Å²) in [6, 6.07) is 5.31. The van der Waals surface area contributed by atoms with Crippen LogP contribution in [0.4, 0.5) is 10.1 Å². The van der Waals surface area contributed by atoms with Crippen molar-refractivity contribution in [2.45, 2.75) is 32.7 Å². The summed E-state index contributed by atoms with van der Waals surface area (Å²) in [5.74, 6) is -0.125. The molecule has 112 valence electrons.